The number of carbonyl (C=O) groups is 4. The topological polar surface area (TPSA) is 206 Å². The summed E-state index contributed by atoms with van der Waals surface area (Å²) < 4.78 is 218. The third kappa shape index (κ3) is 23.7. The van der Waals surface area contributed by atoms with Gasteiger partial charge in [0, 0.05) is 18.3 Å². The largest absolute Gasteiger partial charge is 0.463 e. The lowest BCUT2D eigenvalue weighted by atomic mass is 9.52. The molecule has 0 spiro atoms. The van der Waals surface area contributed by atoms with Gasteiger partial charge in [-0.25, -0.2) is 0 Å². The van der Waals surface area contributed by atoms with E-state index in [9.17, 15) is 105 Å². The van der Waals surface area contributed by atoms with Crippen LogP contribution in [-0.4, -0.2) is 134 Å². The summed E-state index contributed by atoms with van der Waals surface area (Å²) in [6.07, 6.45) is -27.8. The Balaban J connectivity index is -0.000000276. The number of esters is 4. The van der Waals surface area contributed by atoms with E-state index in [2.05, 4.69) is 0 Å². The van der Waals surface area contributed by atoms with Crippen molar-refractivity contribution in [2.45, 2.75) is 316 Å². The summed E-state index contributed by atoms with van der Waals surface area (Å²) in [5.41, 5.74) is -16.2. The van der Waals surface area contributed by atoms with E-state index < -0.39 is 138 Å². The highest BCUT2D eigenvalue weighted by molar-refractivity contribution is 5.76. The van der Waals surface area contributed by atoms with Gasteiger partial charge in [0.2, 0.25) is 0 Å². The fraction of sp³-hybridized carbons (Fsp3) is 0.938. The van der Waals surface area contributed by atoms with Gasteiger partial charge in [-0.3, -0.25) is 19.2 Å². The van der Waals surface area contributed by atoms with Crippen LogP contribution in [0.1, 0.15) is 245 Å². The second-order valence-electron chi connectivity index (χ2n) is 26.3. The number of carbonyl (C=O) groups excluding carboxylic acids is 4. The zero-order valence-electron chi connectivity index (χ0n) is 50.0. The molecule has 6 bridgehead atoms. The van der Waals surface area contributed by atoms with Crippen LogP contribution in [0.2, 0.25) is 0 Å². The van der Waals surface area contributed by atoms with E-state index in [-0.39, 0.29) is 134 Å². The molecule has 0 aliphatic heterocycles. The fourth-order valence-electron chi connectivity index (χ4n) is 12.6. The second-order valence-corrected chi connectivity index (χ2v) is 26.3. The average molecular weight is 1390 g/mol. The minimum Gasteiger partial charge on any atom is -0.463 e. The lowest BCUT2D eigenvalue weighted by molar-refractivity contribution is -0.391. The predicted octanol–water partition coefficient (Wildman–Crippen LogP) is 17.9. The molecule has 5 N–H and O–H groups in total. The van der Waals surface area contributed by atoms with E-state index in [0.29, 0.717) is 31.1 Å². The van der Waals surface area contributed by atoms with Crippen LogP contribution in [-0.2, 0) is 38.1 Å². The van der Waals surface area contributed by atoms with Gasteiger partial charge in [-0.05, 0) is 167 Å². The van der Waals surface area contributed by atoms with Crippen LogP contribution in [0, 0.1) is 64.1 Å². The highest BCUT2D eigenvalue weighted by Gasteiger charge is 2.75. The van der Waals surface area contributed by atoms with Gasteiger partial charge in [0.25, 0.3) is 11.2 Å². The number of aliphatic hydroxyl groups is 5. The van der Waals surface area contributed by atoms with Gasteiger partial charge in [-0.15, -0.1) is 0 Å². The molecular weight excluding hydrogens is 1270 g/mol. The molecule has 7 rings (SSSR count). The summed E-state index contributed by atoms with van der Waals surface area (Å²) in [5, 5.41) is 47.9. The summed E-state index contributed by atoms with van der Waals surface area (Å²) in [6.45, 7) is 17.6. The van der Waals surface area contributed by atoms with Gasteiger partial charge in [-0.1, -0.05) is 101 Å². The van der Waals surface area contributed by atoms with Crippen LogP contribution in [0.25, 0.3) is 0 Å². The molecule has 7 aliphatic carbocycles. The van der Waals surface area contributed by atoms with Crippen molar-refractivity contribution >= 4 is 23.9 Å². The molecule has 28 heteroatoms. The summed E-state index contributed by atoms with van der Waals surface area (Å²) >= 11 is 0. The molecule has 7 aliphatic rings. The van der Waals surface area contributed by atoms with Crippen molar-refractivity contribution < 1.29 is 130 Å². The van der Waals surface area contributed by atoms with Gasteiger partial charge < -0.3 is 44.5 Å². The summed E-state index contributed by atoms with van der Waals surface area (Å²) in [7, 11) is 0. The summed E-state index contributed by atoms with van der Waals surface area (Å²) in [5.74, 6) is -7.50. The van der Waals surface area contributed by atoms with Crippen molar-refractivity contribution in [1.82, 2.24) is 0 Å². The lowest BCUT2D eigenvalue weighted by Gasteiger charge is -2.59. The molecule has 0 aromatic carbocycles. The Bertz CT molecular complexity index is 2190. The number of aliphatic hydroxyl groups excluding tert-OH is 1. The third-order valence-electron chi connectivity index (χ3n) is 19.0. The SMILES string of the molecule is C.C.C.C.C.C.C.C.CCC(C)(C)C(=O)OC1CC(C(C)(O)C(F)(F)F)CC(C(O)(C(F)(F)F)C(F)(F)F)C1.CCC(C)(C)C(=O)OCCO.CCC(C)C(=O)OC12CC3CC(CC(O)(C3)C1)C2.CCC(C)C(=O)OC1CC2CC1CC2CC(O)(C(F)(F)F)C(F)(F)F. The van der Waals surface area contributed by atoms with Crippen molar-refractivity contribution in [1.29, 1.82) is 0 Å². The molecule has 0 aromatic rings. The van der Waals surface area contributed by atoms with Crippen molar-refractivity contribution in [3.8, 4) is 0 Å². The number of fused-ring (bicyclic) bond motifs is 2. The molecule has 7 fully saturated rings. The van der Waals surface area contributed by atoms with Crippen LogP contribution < -0.4 is 0 Å². The third-order valence-corrected chi connectivity index (χ3v) is 19.0. The van der Waals surface area contributed by atoms with Crippen molar-refractivity contribution in [3.63, 3.8) is 0 Å². The van der Waals surface area contributed by atoms with E-state index in [1.807, 2.05) is 41.5 Å². The van der Waals surface area contributed by atoms with Crippen molar-refractivity contribution in [2.24, 2.45) is 64.1 Å². The molecule has 562 valence electrons. The summed E-state index contributed by atoms with van der Waals surface area (Å²) in [4.78, 5) is 47.3. The Morgan fingerprint density at radius 3 is 1.31 bits per heavy atom. The first kappa shape index (κ1) is 101. The molecule has 93 heavy (non-hydrogen) atoms. The van der Waals surface area contributed by atoms with E-state index in [1.54, 1.807) is 13.8 Å². The normalized spacial score (nSPS) is 27.6. The first-order valence-corrected chi connectivity index (χ1v) is 29.0. The smallest absolute Gasteiger partial charge is 0.426 e. The zero-order valence-corrected chi connectivity index (χ0v) is 50.0. The molecule has 0 radical (unpaired) electrons. The molecule has 12 atom stereocenters. The maximum atomic E-state index is 13.3. The van der Waals surface area contributed by atoms with Gasteiger partial charge in [-0.2, -0.15) is 65.9 Å². The minimum atomic E-state index is -6.28. The quantitative estimate of drug-likeness (QED) is 0.0523. The highest BCUT2D eigenvalue weighted by atomic mass is 19.4. The number of alkyl halides is 15. The van der Waals surface area contributed by atoms with E-state index in [4.69, 9.17) is 24.1 Å². The van der Waals surface area contributed by atoms with Gasteiger partial charge in [0.05, 0.1) is 34.9 Å². The summed E-state index contributed by atoms with van der Waals surface area (Å²) in [6, 6.07) is 0. The van der Waals surface area contributed by atoms with Crippen molar-refractivity contribution in [2.75, 3.05) is 13.2 Å². The minimum absolute atomic E-state index is 0. The molecular formula is C65H119F15O13. The van der Waals surface area contributed by atoms with E-state index in [1.165, 1.54) is 20.3 Å². The van der Waals surface area contributed by atoms with Gasteiger partial charge >= 0.3 is 54.8 Å². The van der Waals surface area contributed by atoms with Crippen LogP contribution in [0.5, 0.6) is 0 Å². The second kappa shape index (κ2) is 36.5. The van der Waals surface area contributed by atoms with E-state index >= 15 is 0 Å². The lowest BCUT2D eigenvalue weighted by Crippen LogP contribution is -2.64. The Kier molecular flexibility index (Phi) is 39.5. The number of halogens is 15. The molecule has 0 amide bonds. The number of rotatable bonds is 17. The monoisotopic (exact) mass is 1390 g/mol. The Morgan fingerprint density at radius 2 is 0.946 bits per heavy atom. The van der Waals surface area contributed by atoms with Crippen molar-refractivity contribution in [3.05, 3.63) is 0 Å². The predicted molar refractivity (Wildman–Crippen MR) is 328 cm³/mol. The molecule has 13 nitrogen and oxygen atoms in total. The van der Waals surface area contributed by atoms with Crippen LogP contribution in [0.4, 0.5) is 65.9 Å². The Labute approximate surface area is 545 Å². The van der Waals surface area contributed by atoms with Gasteiger partial charge in [0.1, 0.15) is 24.4 Å². The molecule has 0 aromatic heterocycles. The standard InChI is InChI=1S/C18H25F9O4.C16H22F6O3.C15H24O3.C8H16O3.8CH4/c1-5-13(2,3)12(28)31-11-7-9(14(4,29)16(19,20)21)6-10(8-11)15(30,17(22,23)24)18(25,26)27;1-3-8(2)13(23)25-12-6-9-4-10(12)5-11(9)7-14(24,15(17,18)19)16(20,21)22;1-3-10(2)13(16)18-15-7-11-4-12(8-15)6-14(17,5-11)9-15;1-4-8(2,3)7(10)11-6-5-9;;;;;;;;/h9-11,29-30H,5-8H2,1-4H3;8-12,24H,3-7H2,1-2H3;10-12,17H,3-9H2,1-2H3;9H,4-6H2,1-3H3;8*1H4. The Hall–Kier alpha value is -3.37. The Morgan fingerprint density at radius 1 is 0.516 bits per heavy atom. The van der Waals surface area contributed by atoms with Crippen LogP contribution in [0.3, 0.4) is 0 Å². The average Bonchev–Trinajstić information content (AvgIpc) is 1.18. The maximum Gasteiger partial charge on any atom is 0.426 e. The molecule has 7 saturated carbocycles. The number of hydrogen-bond donors (Lipinski definition) is 5. The number of ether oxygens (including phenoxy) is 4. The fourth-order valence-corrected chi connectivity index (χ4v) is 12.6. The number of hydrogen-bond acceptors (Lipinski definition) is 13. The molecule has 12 unspecified atom stereocenters. The van der Waals surface area contributed by atoms with Gasteiger partial charge in [0.15, 0.2) is 5.60 Å². The zero-order chi connectivity index (χ0) is 65.9. The molecule has 0 heterocycles. The van der Waals surface area contributed by atoms with Crippen LogP contribution in [0.15, 0.2) is 0 Å². The maximum absolute atomic E-state index is 13.3. The van der Waals surface area contributed by atoms with E-state index in [0.717, 1.165) is 38.5 Å². The van der Waals surface area contributed by atoms with Crippen LogP contribution >= 0.6 is 0 Å². The first-order chi connectivity index (χ1) is 38.3. The highest BCUT2D eigenvalue weighted by Crippen LogP contribution is 2.60. The molecule has 0 saturated heterocycles. The first-order valence-electron chi connectivity index (χ1n) is 29.0.